The fourth-order valence-corrected chi connectivity index (χ4v) is 2.64. The van der Waals surface area contributed by atoms with Crippen molar-refractivity contribution < 1.29 is 14.3 Å². The van der Waals surface area contributed by atoms with Gasteiger partial charge >= 0.3 is 5.97 Å². The van der Waals surface area contributed by atoms with Crippen LogP contribution in [0.15, 0.2) is 30.3 Å². The number of fused-ring (bicyclic) bond motifs is 1. The molecule has 3 nitrogen and oxygen atoms in total. The SMILES string of the molecule is CC12CCCC1(C(=O)Oc1ccccc1)O2. The van der Waals surface area contributed by atoms with Crippen molar-refractivity contribution in [2.45, 2.75) is 37.4 Å². The molecule has 0 amide bonds. The van der Waals surface area contributed by atoms with Gasteiger partial charge in [0.2, 0.25) is 0 Å². The number of carbonyl (C=O) groups excluding carboxylic acids is 1. The van der Waals surface area contributed by atoms with Gasteiger partial charge in [-0.2, -0.15) is 0 Å². The number of carbonyl (C=O) groups is 1. The molecule has 0 aromatic heterocycles. The molecule has 2 fully saturated rings. The van der Waals surface area contributed by atoms with Crippen LogP contribution in [0.25, 0.3) is 0 Å². The van der Waals surface area contributed by atoms with Gasteiger partial charge in [0.05, 0.1) is 0 Å². The van der Waals surface area contributed by atoms with E-state index in [1.165, 1.54) is 0 Å². The Morgan fingerprint density at radius 1 is 1.31 bits per heavy atom. The zero-order chi connectivity index (χ0) is 11.2. The molecule has 0 N–H and O–H groups in total. The Morgan fingerprint density at radius 2 is 2.06 bits per heavy atom. The van der Waals surface area contributed by atoms with Crippen molar-refractivity contribution in [2.75, 3.05) is 0 Å². The van der Waals surface area contributed by atoms with Crippen molar-refractivity contribution in [3.05, 3.63) is 30.3 Å². The van der Waals surface area contributed by atoms with E-state index in [1.807, 2.05) is 25.1 Å². The maximum Gasteiger partial charge on any atom is 0.346 e. The summed E-state index contributed by atoms with van der Waals surface area (Å²) < 4.78 is 10.9. The lowest BCUT2D eigenvalue weighted by Gasteiger charge is -2.09. The topological polar surface area (TPSA) is 38.8 Å². The van der Waals surface area contributed by atoms with E-state index in [9.17, 15) is 4.79 Å². The van der Waals surface area contributed by atoms with Crippen LogP contribution in [-0.2, 0) is 9.53 Å². The van der Waals surface area contributed by atoms with Crippen molar-refractivity contribution >= 4 is 5.97 Å². The third-order valence-corrected chi connectivity index (χ3v) is 3.68. The van der Waals surface area contributed by atoms with Gasteiger partial charge in [0.1, 0.15) is 11.4 Å². The van der Waals surface area contributed by atoms with Crippen LogP contribution in [0.2, 0.25) is 0 Å². The van der Waals surface area contributed by atoms with Gasteiger partial charge in [-0.05, 0) is 38.3 Å². The van der Waals surface area contributed by atoms with Gasteiger partial charge in [0.25, 0.3) is 0 Å². The second-order valence-electron chi connectivity index (χ2n) is 4.72. The summed E-state index contributed by atoms with van der Waals surface area (Å²) in [5.41, 5.74) is -0.915. The zero-order valence-corrected chi connectivity index (χ0v) is 9.23. The van der Waals surface area contributed by atoms with Crippen LogP contribution in [0.4, 0.5) is 0 Å². The molecule has 1 saturated carbocycles. The summed E-state index contributed by atoms with van der Waals surface area (Å²) >= 11 is 0. The summed E-state index contributed by atoms with van der Waals surface area (Å²) in [6, 6.07) is 9.15. The van der Waals surface area contributed by atoms with E-state index >= 15 is 0 Å². The molecule has 84 valence electrons. The largest absolute Gasteiger partial charge is 0.424 e. The maximum atomic E-state index is 12.0. The summed E-state index contributed by atoms with van der Waals surface area (Å²) in [4.78, 5) is 12.0. The predicted octanol–water partition coefficient (Wildman–Crippen LogP) is 2.30. The fourth-order valence-electron chi connectivity index (χ4n) is 2.64. The van der Waals surface area contributed by atoms with Crippen molar-refractivity contribution in [1.29, 1.82) is 0 Å². The molecule has 3 heteroatoms. The molecule has 1 aliphatic carbocycles. The minimum absolute atomic E-state index is 0.237. The Labute approximate surface area is 94.4 Å². The Hall–Kier alpha value is -1.35. The molecule has 2 atom stereocenters. The third-order valence-electron chi connectivity index (χ3n) is 3.68. The van der Waals surface area contributed by atoms with Gasteiger partial charge in [-0.3, -0.25) is 0 Å². The van der Waals surface area contributed by atoms with E-state index in [2.05, 4.69) is 0 Å². The molecule has 1 aromatic carbocycles. The molecule has 1 saturated heterocycles. The number of benzene rings is 1. The quantitative estimate of drug-likeness (QED) is 0.434. The van der Waals surface area contributed by atoms with Gasteiger partial charge in [-0.25, -0.2) is 4.79 Å². The molecule has 2 aliphatic rings. The number of hydrogen-bond acceptors (Lipinski definition) is 3. The first-order valence-corrected chi connectivity index (χ1v) is 5.64. The van der Waals surface area contributed by atoms with Crippen LogP contribution >= 0.6 is 0 Å². The molecule has 1 aliphatic heterocycles. The fraction of sp³-hybridized carbons (Fsp3) is 0.462. The highest BCUT2D eigenvalue weighted by Crippen LogP contribution is 2.59. The number of rotatable bonds is 2. The normalized spacial score (nSPS) is 35.6. The Balaban J connectivity index is 1.76. The lowest BCUT2D eigenvalue weighted by atomic mass is 9.99. The van der Waals surface area contributed by atoms with Crippen LogP contribution in [0.5, 0.6) is 5.75 Å². The average molecular weight is 218 g/mol. The standard InChI is InChI=1S/C13H14O3/c1-12-8-5-9-13(12,16-12)11(14)15-10-6-3-2-4-7-10/h2-4,6-7H,5,8-9H2,1H3. The van der Waals surface area contributed by atoms with Gasteiger partial charge in [-0.1, -0.05) is 18.2 Å². The molecular weight excluding hydrogens is 204 g/mol. The summed E-state index contributed by atoms with van der Waals surface area (Å²) in [7, 11) is 0. The lowest BCUT2D eigenvalue weighted by Crippen LogP contribution is -2.32. The van der Waals surface area contributed by atoms with Crippen molar-refractivity contribution in [3.63, 3.8) is 0 Å². The van der Waals surface area contributed by atoms with E-state index in [0.29, 0.717) is 5.75 Å². The number of epoxide rings is 1. The first-order valence-electron chi connectivity index (χ1n) is 5.64. The van der Waals surface area contributed by atoms with E-state index in [-0.39, 0.29) is 11.6 Å². The molecule has 16 heavy (non-hydrogen) atoms. The smallest absolute Gasteiger partial charge is 0.346 e. The van der Waals surface area contributed by atoms with Crippen LogP contribution in [0.3, 0.4) is 0 Å². The van der Waals surface area contributed by atoms with Crippen LogP contribution in [0, 0.1) is 0 Å². The minimum atomic E-state index is -0.650. The van der Waals surface area contributed by atoms with Gasteiger partial charge in [0.15, 0.2) is 5.60 Å². The van der Waals surface area contributed by atoms with Crippen LogP contribution in [0.1, 0.15) is 26.2 Å². The van der Waals surface area contributed by atoms with Gasteiger partial charge in [0, 0.05) is 0 Å². The molecule has 0 spiro atoms. The van der Waals surface area contributed by atoms with Gasteiger partial charge in [-0.15, -0.1) is 0 Å². The Morgan fingerprint density at radius 3 is 2.62 bits per heavy atom. The monoisotopic (exact) mass is 218 g/mol. The highest BCUT2D eigenvalue weighted by atomic mass is 16.7. The predicted molar refractivity (Wildman–Crippen MR) is 58.1 cm³/mol. The number of ether oxygens (including phenoxy) is 2. The van der Waals surface area contributed by atoms with Crippen molar-refractivity contribution in [3.8, 4) is 5.75 Å². The highest BCUT2D eigenvalue weighted by Gasteiger charge is 2.75. The van der Waals surface area contributed by atoms with E-state index < -0.39 is 5.60 Å². The van der Waals surface area contributed by atoms with E-state index in [1.54, 1.807) is 12.1 Å². The lowest BCUT2D eigenvalue weighted by molar-refractivity contribution is -0.140. The molecule has 0 radical (unpaired) electrons. The second kappa shape index (κ2) is 3.08. The maximum absolute atomic E-state index is 12.0. The summed E-state index contributed by atoms with van der Waals surface area (Å²) in [6.45, 7) is 1.99. The van der Waals surface area contributed by atoms with Crippen molar-refractivity contribution in [2.24, 2.45) is 0 Å². The van der Waals surface area contributed by atoms with E-state index in [0.717, 1.165) is 19.3 Å². The molecule has 2 unspecified atom stereocenters. The Bertz CT molecular complexity index is 424. The zero-order valence-electron chi connectivity index (χ0n) is 9.23. The highest BCUT2D eigenvalue weighted by molar-refractivity contribution is 5.87. The van der Waals surface area contributed by atoms with Crippen molar-refractivity contribution in [1.82, 2.24) is 0 Å². The molecule has 1 aromatic rings. The number of para-hydroxylation sites is 1. The Kier molecular flexibility index (Phi) is 1.89. The summed E-state index contributed by atoms with van der Waals surface area (Å²) in [6.07, 6.45) is 2.78. The number of hydrogen-bond donors (Lipinski definition) is 0. The third kappa shape index (κ3) is 1.21. The molecule has 0 bridgehead atoms. The molecule has 3 rings (SSSR count). The van der Waals surface area contributed by atoms with E-state index in [4.69, 9.17) is 9.47 Å². The average Bonchev–Trinajstić information content (AvgIpc) is 2.75. The first kappa shape index (κ1) is 9.85. The first-order chi connectivity index (χ1) is 7.66. The molecular formula is C13H14O3. The van der Waals surface area contributed by atoms with Crippen LogP contribution in [-0.4, -0.2) is 17.2 Å². The molecule has 1 heterocycles. The van der Waals surface area contributed by atoms with Crippen LogP contribution < -0.4 is 4.74 Å². The van der Waals surface area contributed by atoms with Gasteiger partial charge < -0.3 is 9.47 Å². The minimum Gasteiger partial charge on any atom is -0.424 e. The number of esters is 1. The second-order valence-corrected chi connectivity index (χ2v) is 4.72. The summed E-state index contributed by atoms with van der Waals surface area (Å²) in [5, 5.41) is 0. The summed E-state index contributed by atoms with van der Waals surface area (Å²) in [5.74, 6) is 0.352.